The highest BCUT2D eigenvalue weighted by Gasteiger charge is 2.30. The van der Waals surface area contributed by atoms with Crippen molar-refractivity contribution in [3.63, 3.8) is 0 Å². The molecule has 144 valence electrons. The van der Waals surface area contributed by atoms with Gasteiger partial charge in [-0.1, -0.05) is 19.1 Å². The van der Waals surface area contributed by atoms with E-state index in [1.54, 1.807) is 0 Å². The Bertz CT molecular complexity index is 937. The van der Waals surface area contributed by atoms with Crippen LogP contribution in [0.1, 0.15) is 28.5 Å². The summed E-state index contributed by atoms with van der Waals surface area (Å²) in [5, 5.41) is 5.57. The molecule has 2 aromatic carbocycles. The van der Waals surface area contributed by atoms with E-state index in [4.69, 9.17) is 0 Å². The molecule has 0 spiro atoms. The molecule has 3 rings (SSSR count). The quantitative estimate of drug-likeness (QED) is 0.644. The minimum atomic E-state index is -4.42. The molecule has 1 amide bonds. The van der Waals surface area contributed by atoms with Crippen molar-refractivity contribution in [2.45, 2.75) is 19.5 Å². The van der Waals surface area contributed by atoms with Gasteiger partial charge < -0.3 is 10.6 Å². The molecule has 3 aromatic rings. The van der Waals surface area contributed by atoms with Gasteiger partial charge in [-0.25, -0.2) is 9.97 Å². The summed E-state index contributed by atoms with van der Waals surface area (Å²) in [5.74, 6) is -0.0959. The van der Waals surface area contributed by atoms with E-state index in [9.17, 15) is 18.0 Å². The number of amides is 1. The van der Waals surface area contributed by atoms with E-state index in [1.165, 1.54) is 30.1 Å². The largest absolute Gasteiger partial charge is 0.416 e. The van der Waals surface area contributed by atoms with Crippen molar-refractivity contribution in [1.82, 2.24) is 9.97 Å². The number of rotatable bonds is 5. The molecule has 0 saturated heterocycles. The van der Waals surface area contributed by atoms with Crippen LogP contribution in [0.4, 0.5) is 30.4 Å². The topological polar surface area (TPSA) is 66.9 Å². The van der Waals surface area contributed by atoms with E-state index >= 15 is 0 Å². The fourth-order valence-electron chi connectivity index (χ4n) is 2.42. The number of nitrogens with one attached hydrogen (secondary N) is 2. The van der Waals surface area contributed by atoms with Crippen molar-refractivity contribution in [2.24, 2.45) is 0 Å². The molecule has 0 saturated carbocycles. The van der Waals surface area contributed by atoms with Gasteiger partial charge in [0.1, 0.15) is 11.5 Å². The zero-order valence-corrected chi connectivity index (χ0v) is 14.9. The number of nitrogens with zero attached hydrogens (tertiary/aromatic N) is 2. The maximum atomic E-state index is 12.6. The second-order valence-electron chi connectivity index (χ2n) is 5.99. The normalized spacial score (nSPS) is 11.1. The molecule has 28 heavy (non-hydrogen) atoms. The predicted molar refractivity (Wildman–Crippen MR) is 101 cm³/mol. The third-order valence-corrected chi connectivity index (χ3v) is 3.99. The fraction of sp³-hybridized carbons (Fsp3) is 0.150. The van der Waals surface area contributed by atoms with E-state index in [-0.39, 0.29) is 11.4 Å². The van der Waals surface area contributed by atoms with Gasteiger partial charge in [0.15, 0.2) is 0 Å². The number of carbonyl (C=O) groups excluding carboxylic acids is 1. The number of benzene rings is 2. The van der Waals surface area contributed by atoms with Gasteiger partial charge in [-0.05, 0) is 48.4 Å². The summed E-state index contributed by atoms with van der Waals surface area (Å²) in [6.07, 6.45) is -0.770. The highest BCUT2D eigenvalue weighted by Crippen LogP contribution is 2.29. The van der Waals surface area contributed by atoms with Crippen molar-refractivity contribution >= 4 is 23.1 Å². The third-order valence-electron chi connectivity index (χ3n) is 3.99. The number of carbonyl (C=O) groups is 1. The summed E-state index contributed by atoms with van der Waals surface area (Å²) in [5.41, 5.74) is 1.55. The van der Waals surface area contributed by atoms with Crippen molar-refractivity contribution in [3.8, 4) is 0 Å². The molecule has 1 heterocycles. The maximum Gasteiger partial charge on any atom is 0.416 e. The second-order valence-corrected chi connectivity index (χ2v) is 5.99. The van der Waals surface area contributed by atoms with E-state index < -0.39 is 17.6 Å². The van der Waals surface area contributed by atoms with Crippen LogP contribution in [0.3, 0.4) is 0 Å². The SMILES string of the molecule is CCc1ccc(Nc2cnc(C(=O)Nc3ccc(C(F)(F)F)cc3)cn2)cc1. The third kappa shape index (κ3) is 4.85. The number of halogens is 3. The second kappa shape index (κ2) is 8.08. The van der Waals surface area contributed by atoms with Gasteiger partial charge in [0.05, 0.1) is 18.0 Å². The van der Waals surface area contributed by atoms with Crippen molar-refractivity contribution in [3.05, 3.63) is 77.7 Å². The molecule has 0 radical (unpaired) electrons. The Labute approximate surface area is 159 Å². The lowest BCUT2D eigenvalue weighted by molar-refractivity contribution is -0.137. The van der Waals surface area contributed by atoms with Crippen LogP contribution in [0.25, 0.3) is 0 Å². The molecular formula is C20H17F3N4O. The first-order valence-corrected chi connectivity index (χ1v) is 8.52. The number of aromatic nitrogens is 2. The Hall–Kier alpha value is -3.42. The molecule has 0 unspecified atom stereocenters. The van der Waals surface area contributed by atoms with Gasteiger partial charge in [0.2, 0.25) is 0 Å². The minimum Gasteiger partial charge on any atom is -0.339 e. The van der Waals surface area contributed by atoms with Crippen LogP contribution in [0.5, 0.6) is 0 Å². The summed E-state index contributed by atoms with van der Waals surface area (Å²) in [6, 6.07) is 12.0. The molecule has 5 nitrogen and oxygen atoms in total. The highest BCUT2D eigenvalue weighted by atomic mass is 19.4. The van der Waals surface area contributed by atoms with Crippen molar-refractivity contribution < 1.29 is 18.0 Å². The predicted octanol–water partition coefficient (Wildman–Crippen LogP) is 5.05. The zero-order chi connectivity index (χ0) is 20.1. The van der Waals surface area contributed by atoms with Gasteiger partial charge in [-0.3, -0.25) is 4.79 Å². The molecule has 0 fully saturated rings. The average molecular weight is 386 g/mol. The number of alkyl halides is 3. The van der Waals surface area contributed by atoms with E-state index in [0.29, 0.717) is 5.82 Å². The van der Waals surface area contributed by atoms with Crippen LogP contribution in [-0.2, 0) is 12.6 Å². The molecule has 0 bridgehead atoms. The smallest absolute Gasteiger partial charge is 0.339 e. The molecule has 0 aliphatic carbocycles. The van der Waals surface area contributed by atoms with Gasteiger partial charge in [-0.2, -0.15) is 13.2 Å². The molecule has 2 N–H and O–H groups in total. The van der Waals surface area contributed by atoms with E-state index in [0.717, 1.165) is 24.2 Å². The molecule has 1 aromatic heterocycles. The molecule has 0 aliphatic rings. The number of aryl methyl sites for hydroxylation is 1. The van der Waals surface area contributed by atoms with Crippen LogP contribution >= 0.6 is 0 Å². The van der Waals surface area contributed by atoms with Gasteiger partial charge in [-0.15, -0.1) is 0 Å². The summed E-state index contributed by atoms with van der Waals surface area (Å²) in [6.45, 7) is 2.07. The lowest BCUT2D eigenvalue weighted by Crippen LogP contribution is -2.14. The minimum absolute atomic E-state index is 0.0479. The van der Waals surface area contributed by atoms with E-state index in [1.807, 2.05) is 24.3 Å². The van der Waals surface area contributed by atoms with Crippen molar-refractivity contribution in [2.75, 3.05) is 10.6 Å². The Morgan fingerprint density at radius 1 is 0.929 bits per heavy atom. The molecule has 0 atom stereocenters. The first-order valence-electron chi connectivity index (χ1n) is 8.52. The Balaban J connectivity index is 1.63. The maximum absolute atomic E-state index is 12.6. The summed E-state index contributed by atoms with van der Waals surface area (Å²) < 4.78 is 37.7. The van der Waals surface area contributed by atoms with Crippen LogP contribution in [0.15, 0.2) is 60.9 Å². The van der Waals surface area contributed by atoms with Gasteiger partial charge in [0, 0.05) is 11.4 Å². The number of hydrogen-bond donors (Lipinski definition) is 2. The fourth-order valence-corrected chi connectivity index (χ4v) is 2.42. The highest BCUT2D eigenvalue weighted by molar-refractivity contribution is 6.02. The lowest BCUT2D eigenvalue weighted by atomic mass is 10.1. The average Bonchev–Trinajstić information content (AvgIpc) is 2.69. The van der Waals surface area contributed by atoms with Crippen LogP contribution in [0.2, 0.25) is 0 Å². The molecule has 8 heteroatoms. The van der Waals surface area contributed by atoms with E-state index in [2.05, 4.69) is 27.5 Å². The Morgan fingerprint density at radius 2 is 1.57 bits per heavy atom. The van der Waals surface area contributed by atoms with Gasteiger partial charge in [0.25, 0.3) is 5.91 Å². The van der Waals surface area contributed by atoms with Crippen LogP contribution in [-0.4, -0.2) is 15.9 Å². The lowest BCUT2D eigenvalue weighted by Gasteiger charge is -2.09. The first-order chi connectivity index (χ1) is 13.3. The first kappa shape index (κ1) is 19.3. The zero-order valence-electron chi connectivity index (χ0n) is 14.9. The van der Waals surface area contributed by atoms with Crippen molar-refractivity contribution in [1.29, 1.82) is 0 Å². The Kier molecular flexibility index (Phi) is 5.58. The monoisotopic (exact) mass is 386 g/mol. The molecule has 0 aliphatic heterocycles. The number of anilines is 3. The number of hydrogen-bond acceptors (Lipinski definition) is 4. The van der Waals surface area contributed by atoms with Crippen LogP contribution < -0.4 is 10.6 Å². The molecular weight excluding hydrogens is 369 g/mol. The summed E-state index contributed by atoms with van der Waals surface area (Å²) in [4.78, 5) is 20.4. The Morgan fingerprint density at radius 3 is 2.11 bits per heavy atom. The van der Waals surface area contributed by atoms with Crippen LogP contribution in [0, 0.1) is 0 Å². The summed E-state index contributed by atoms with van der Waals surface area (Å²) in [7, 11) is 0. The standard InChI is InChI=1S/C20H17F3N4O/c1-2-13-3-7-15(8-4-13)26-18-12-24-17(11-25-18)19(28)27-16-9-5-14(6-10-16)20(21,22)23/h3-12H,2H2,1H3,(H,25,26)(H,27,28). The summed E-state index contributed by atoms with van der Waals surface area (Å²) >= 11 is 0. The van der Waals surface area contributed by atoms with Gasteiger partial charge >= 0.3 is 6.18 Å².